The lowest BCUT2D eigenvalue weighted by Crippen LogP contribution is -2.39. The van der Waals surface area contributed by atoms with Crippen molar-refractivity contribution in [2.24, 2.45) is 0 Å². The Kier molecular flexibility index (Phi) is 6.54. The van der Waals surface area contributed by atoms with Crippen LogP contribution in [-0.4, -0.2) is 67.4 Å². The Morgan fingerprint density at radius 1 is 1.36 bits per heavy atom. The zero-order valence-corrected chi connectivity index (χ0v) is 13.3. The van der Waals surface area contributed by atoms with E-state index in [1.54, 1.807) is 20.2 Å². The Labute approximate surface area is 131 Å². The number of methoxy groups -OCH3 is 1. The van der Waals surface area contributed by atoms with Crippen molar-refractivity contribution in [1.29, 1.82) is 0 Å². The van der Waals surface area contributed by atoms with Gasteiger partial charge in [0.2, 0.25) is 0 Å². The molecule has 0 aliphatic carbocycles. The van der Waals surface area contributed by atoms with E-state index in [0.29, 0.717) is 11.7 Å². The first-order valence-electron chi connectivity index (χ1n) is 7.76. The molecule has 1 aromatic heterocycles. The summed E-state index contributed by atoms with van der Waals surface area (Å²) in [7, 11) is 3.32. The van der Waals surface area contributed by atoms with Crippen molar-refractivity contribution in [2.75, 3.05) is 45.7 Å². The molecule has 122 valence electrons. The number of carbonyl (C=O) groups excluding carboxylic acids is 1. The second-order valence-corrected chi connectivity index (χ2v) is 5.49. The predicted octanol–water partition coefficient (Wildman–Crippen LogP) is 0.749. The zero-order chi connectivity index (χ0) is 15.8. The van der Waals surface area contributed by atoms with Gasteiger partial charge in [0, 0.05) is 46.4 Å². The SMILES string of the molecule is CNC(=O)c1ccc(NC2CCN(CCCOC)CC2)nn1. The smallest absolute Gasteiger partial charge is 0.271 e. The van der Waals surface area contributed by atoms with Gasteiger partial charge in [-0.1, -0.05) is 0 Å². The summed E-state index contributed by atoms with van der Waals surface area (Å²) in [5.41, 5.74) is 0.334. The van der Waals surface area contributed by atoms with Crippen LogP contribution in [0.3, 0.4) is 0 Å². The van der Waals surface area contributed by atoms with Crippen molar-refractivity contribution in [2.45, 2.75) is 25.3 Å². The average molecular weight is 307 g/mol. The fourth-order valence-electron chi connectivity index (χ4n) is 2.60. The predicted molar refractivity (Wildman–Crippen MR) is 85.0 cm³/mol. The first kappa shape index (κ1) is 16.6. The summed E-state index contributed by atoms with van der Waals surface area (Å²) in [4.78, 5) is 13.9. The van der Waals surface area contributed by atoms with E-state index in [1.807, 2.05) is 6.07 Å². The summed E-state index contributed by atoms with van der Waals surface area (Å²) in [6, 6.07) is 3.91. The number of anilines is 1. The van der Waals surface area contributed by atoms with Crippen LogP contribution in [0.4, 0.5) is 5.82 Å². The standard InChI is InChI=1S/C15H25N5O2/c1-16-15(21)13-4-5-14(19-18-13)17-12-6-9-20(10-7-12)8-3-11-22-2/h4-5,12H,3,6-11H2,1-2H3,(H,16,21)(H,17,19). The van der Waals surface area contributed by atoms with Crippen molar-refractivity contribution >= 4 is 11.7 Å². The molecule has 1 fully saturated rings. The van der Waals surface area contributed by atoms with Crippen LogP contribution < -0.4 is 10.6 Å². The molecule has 2 rings (SSSR count). The van der Waals surface area contributed by atoms with Crippen LogP contribution in [0.5, 0.6) is 0 Å². The average Bonchev–Trinajstić information content (AvgIpc) is 2.57. The number of aromatic nitrogens is 2. The van der Waals surface area contributed by atoms with Gasteiger partial charge < -0.3 is 20.3 Å². The molecule has 1 aliphatic rings. The third-order valence-corrected chi connectivity index (χ3v) is 3.89. The third kappa shape index (κ3) is 4.92. The number of hydrogen-bond acceptors (Lipinski definition) is 6. The topological polar surface area (TPSA) is 79.4 Å². The Hall–Kier alpha value is -1.73. The number of amides is 1. The molecule has 1 aliphatic heterocycles. The van der Waals surface area contributed by atoms with Crippen molar-refractivity contribution in [3.05, 3.63) is 17.8 Å². The molecule has 0 spiro atoms. The number of nitrogens with one attached hydrogen (secondary N) is 2. The van der Waals surface area contributed by atoms with Gasteiger partial charge in [-0.3, -0.25) is 4.79 Å². The fraction of sp³-hybridized carbons (Fsp3) is 0.667. The van der Waals surface area contributed by atoms with Crippen molar-refractivity contribution in [1.82, 2.24) is 20.4 Å². The van der Waals surface area contributed by atoms with Gasteiger partial charge in [0.15, 0.2) is 5.69 Å². The molecule has 7 nitrogen and oxygen atoms in total. The Bertz CT molecular complexity index is 458. The second-order valence-electron chi connectivity index (χ2n) is 5.49. The van der Waals surface area contributed by atoms with E-state index >= 15 is 0 Å². The van der Waals surface area contributed by atoms with E-state index < -0.39 is 0 Å². The number of nitrogens with zero attached hydrogens (tertiary/aromatic N) is 3. The van der Waals surface area contributed by atoms with E-state index in [1.165, 1.54) is 0 Å². The molecular formula is C15H25N5O2. The Morgan fingerprint density at radius 2 is 2.14 bits per heavy atom. The van der Waals surface area contributed by atoms with E-state index in [0.717, 1.165) is 51.3 Å². The second kappa shape index (κ2) is 8.65. The van der Waals surface area contributed by atoms with Crippen LogP contribution >= 0.6 is 0 Å². The third-order valence-electron chi connectivity index (χ3n) is 3.89. The van der Waals surface area contributed by atoms with E-state index in [2.05, 4.69) is 25.7 Å². The van der Waals surface area contributed by atoms with Crippen LogP contribution in [-0.2, 0) is 4.74 Å². The van der Waals surface area contributed by atoms with Crippen LogP contribution in [0, 0.1) is 0 Å². The Morgan fingerprint density at radius 3 is 2.73 bits per heavy atom. The van der Waals surface area contributed by atoms with Crippen LogP contribution in [0.15, 0.2) is 12.1 Å². The maximum atomic E-state index is 11.4. The molecule has 0 unspecified atom stereocenters. The molecule has 0 bridgehead atoms. The maximum Gasteiger partial charge on any atom is 0.271 e. The molecule has 2 heterocycles. The van der Waals surface area contributed by atoms with Crippen molar-refractivity contribution < 1.29 is 9.53 Å². The first-order valence-corrected chi connectivity index (χ1v) is 7.76. The van der Waals surface area contributed by atoms with E-state index in [9.17, 15) is 4.79 Å². The normalized spacial score (nSPS) is 16.5. The lowest BCUT2D eigenvalue weighted by atomic mass is 10.0. The van der Waals surface area contributed by atoms with Gasteiger partial charge >= 0.3 is 0 Å². The largest absolute Gasteiger partial charge is 0.385 e. The maximum absolute atomic E-state index is 11.4. The van der Waals surface area contributed by atoms with Gasteiger partial charge in [-0.25, -0.2) is 0 Å². The first-order chi connectivity index (χ1) is 10.7. The molecule has 1 aromatic rings. The number of rotatable bonds is 7. The number of carbonyl (C=O) groups is 1. The van der Waals surface area contributed by atoms with Gasteiger partial charge in [-0.15, -0.1) is 10.2 Å². The summed E-state index contributed by atoms with van der Waals surface area (Å²) < 4.78 is 5.08. The van der Waals surface area contributed by atoms with Gasteiger partial charge in [-0.05, 0) is 31.4 Å². The highest BCUT2D eigenvalue weighted by Gasteiger charge is 2.19. The summed E-state index contributed by atoms with van der Waals surface area (Å²) in [5.74, 6) is 0.508. The van der Waals surface area contributed by atoms with Gasteiger partial charge in [0.05, 0.1) is 0 Å². The van der Waals surface area contributed by atoms with Crippen LogP contribution in [0.1, 0.15) is 29.8 Å². The lowest BCUT2D eigenvalue weighted by molar-refractivity contribution is 0.0957. The minimum Gasteiger partial charge on any atom is -0.385 e. The summed E-state index contributed by atoms with van der Waals surface area (Å²) in [5, 5.41) is 13.9. The van der Waals surface area contributed by atoms with Gasteiger partial charge in [0.25, 0.3) is 5.91 Å². The van der Waals surface area contributed by atoms with Crippen LogP contribution in [0.2, 0.25) is 0 Å². The number of likely N-dealkylation sites (tertiary alicyclic amines) is 1. The lowest BCUT2D eigenvalue weighted by Gasteiger charge is -2.32. The fourth-order valence-corrected chi connectivity index (χ4v) is 2.60. The van der Waals surface area contributed by atoms with Crippen molar-refractivity contribution in [3.8, 4) is 0 Å². The molecule has 0 radical (unpaired) electrons. The van der Waals surface area contributed by atoms with E-state index in [4.69, 9.17) is 4.74 Å². The highest BCUT2D eigenvalue weighted by Crippen LogP contribution is 2.15. The number of piperidine rings is 1. The molecule has 0 aromatic carbocycles. The number of hydrogen-bond donors (Lipinski definition) is 2. The molecule has 7 heteroatoms. The minimum absolute atomic E-state index is 0.219. The highest BCUT2D eigenvalue weighted by atomic mass is 16.5. The zero-order valence-electron chi connectivity index (χ0n) is 13.3. The molecule has 1 saturated heterocycles. The van der Waals surface area contributed by atoms with Crippen LogP contribution in [0.25, 0.3) is 0 Å². The quantitative estimate of drug-likeness (QED) is 0.724. The highest BCUT2D eigenvalue weighted by molar-refractivity contribution is 5.91. The van der Waals surface area contributed by atoms with E-state index in [-0.39, 0.29) is 5.91 Å². The summed E-state index contributed by atoms with van der Waals surface area (Å²) >= 11 is 0. The number of ether oxygens (including phenoxy) is 1. The molecule has 22 heavy (non-hydrogen) atoms. The minimum atomic E-state index is -0.219. The Balaban J connectivity index is 1.75. The molecule has 0 atom stereocenters. The van der Waals surface area contributed by atoms with Gasteiger partial charge in [-0.2, -0.15) is 0 Å². The monoisotopic (exact) mass is 307 g/mol. The van der Waals surface area contributed by atoms with Gasteiger partial charge in [0.1, 0.15) is 5.82 Å². The van der Waals surface area contributed by atoms with Crippen molar-refractivity contribution in [3.63, 3.8) is 0 Å². The summed E-state index contributed by atoms with van der Waals surface area (Å²) in [6.45, 7) is 4.10. The summed E-state index contributed by atoms with van der Waals surface area (Å²) in [6.07, 6.45) is 3.26. The molecule has 2 N–H and O–H groups in total. The molecular weight excluding hydrogens is 282 g/mol. The molecule has 0 saturated carbocycles. The molecule has 1 amide bonds.